The molecule has 2 heterocycles. The number of hydrogen-bond donors (Lipinski definition) is 1. The highest BCUT2D eigenvalue weighted by molar-refractivity contribution is 8.18. The highest BCUT2D eigenvalue weighted by Gasteiger charge is 2.34. The highest BCUT2D eigenvalue weighted by atomic mass is 32.2. The van der Waals surface area contributed by atoms with Crippen LogP contribution in [0, 0.1) is 5.82 Å². The fraction of sp³-hybridized carbons (Fsp3) is 0.227. The Morgan fingerprint density at radius 2 is 1.97 bits per heavy atom. The van der Waals surface area contributed by atoms with Crippen molar-refractivity contribution in [2.75, 3.05) is 19.9 Å². The molecule has 0 radical (unpaired) electrons. The van der Waals surface area contributed by atoms with E-state index in [1.807, 2.05) is 18.2 Å². The maximum atomic E-state index is 13.8. The first-order valence-corrected chi connectivity index (χ1v) is 10.5. The molecular formula is C22H19FN2O5S. The first kappa shape index (κ1) is 20.9. The van der Waals surface area contributed by atoms with E-state index < -0.39 is 17.0 Å². The van der Waals surface area contributed by atoms with E-state index in [2.05, 4.69) is 5.32 Å². The normalized spacial score (nSPS) is 16.3. The van der Waals surface area contributed by atoms with E-state index in [0.717, 1.165) is 22.2 Å². The third kappa shape index (κ3) is 4.88. The third-order valence-electron chi connectivity index (χ3n) is 4.80. The van der Waals surface area contributed by atoms with E-state index in [4.69, 9.17) is 9.47 Å². The largest absolute Gasteiger partial charge is 0.454 e. The number of imide groups is 1. The molecule has 2 aromatic carbocycles. The van der Waals surface area contributed by atoms with Gasteiger partial charge in [0.15, 0.2) is 11.5 Å². The lowest BCUT2D eigenvalue weighted by Gasteiger charge is -2.13. The van der Waals surface area contributed by atoms with Crippen LogP contribution in [0.1, 0.15) is 17.5 Å². The van der Waals surface area contributed by atoms with Crippen molar-refractivity contribution in [1.82, 2.24) is 10.2 Å². The van der Waals surface area contributed by atoms with E-state index in [9.17, 15) is 18.8 Å². The van der Waals surface area contributed by atoms with Crippen molar-refractivity contribution in [1.29, 1.82) is 0 Å². The summed E-state index contributed by atoms with van der Waals surface area (Å²) in [5.41, 5.74) is 1.19. The molecule has 9 heteroatoms. The van der Waals surface area contributed by atoms with Crippen LogP contribution in [0.5, 0.6) is 11.5 Å². The van der Waals surface area contributed by atoms with Crippen LogP contribution in [-0.4, -0.2) is 41.8 Å². The number of amides is 3. The topological polar surface area (TPSA) is 84.9 Å². The zero-order chi connectivity index (χ0) is 21.8. The molecule has 1 N–H and O–H groups in total. The Bertz CT molecular complexity index is 1070. The number of aryl methyl sites for hydroxylation is 1. The van der Waals surface area contributed by atoms with Crippen molar-refractivity contribution >= 4 is 34.9 Å². The van der Waals surface area contributed by atoms with Gasteiger partial charge in [-0.1, -0.05) is 24.3 Å². The highest BCUT2D eigenvalue weighted by Crippen LogP contribution is 2.33. The number of nitrogens with zero attached hydrogens (tertiary/aromatic N) is 1. The molecule has 31 heavy (non-hydrogen) atoms. The molecule has 2 aromatic rings. The molecule has 2 aliphatic rings. The smallest absolute Gasteiger partial charge is 0.293 e. The van der Waals surface area contributed by atoms with Crippen LogP contribution < -0.4 is 14.8 Å². The van der Waals surface area contributed by atoms with E-state index in [1.165, 1.54) is 18.2 Å². The molecule has 160 valence electrons. The Balaban J connectivity index is 1.25. The van der Waals surface area contributed by atoms with Gasteiger partial charge in [0.1, 0.15) is 5.82 Å². The fourth-order valence-electron chi connectivity index (χ4n) is 3.18. The van der Waals surface area contributed by atoms with Crippen LogP contribution in [0.25, 0.3) is 6.08 Å². The number of carbonyl (C=O) groups excluding carboxylic acids is 3. The summed E-state index contributed by atoms with van der Waals surface area (Å²) in [6, 6.07) is 11.6. The van der Waals surface area contributed by atoms with E-state index >= 15 is 0 Å². The van der Waals surface area contributed by atoms with Gasteiger partial charge in [-0.25, -0.2) is 4.39 Å². The number of thioether (sulfide) groups is 1. The van der Waals surface area contributed by atoms with Gasteiger partial charge in [-0.2, -0.15) is 0 Å². The van der Waals surface area contributed by atoms with Crippen molar-refractivity contribution in [3.8, 4) is 11.5 Å². The van der Waals surface area contributed by atoms with Gasteiger partial charge in [0.25, 0.3) is 11.1 Å². The van der Waals surface area contributed by atoms with Gasteiger partial charge < -0.3 is 14.8 Å². The van der Waals surface area contributed by atoms with Crippen molar-refractivity contribution < 1.29 is 28.2 Å². The maximum absolute atomic E-state index is 13.8. The summed E-state index contributed by atoms with van der Waals surface area (Å²) in [6.07, 6.45) is 2.15. The average molecular weight is 442 g/mol. The minimum atomic E-state index is -0.493. The third-order valence-corrected chi connectivity index (χ3v) is 5.71. The van der Waals surface area contributed by atoms with Gasteiger partial charge in [-0.3, -0.25) is 19.3 Å². The first-order valence-electron chi connectivity index (χ1n) is 9.66. The zero-order valence-corrected chi connectivity index (χ0v) is 17.2. The molecule has 0 spiro atoms. The second kappa shape index (κ2) is 9.22. The van der Waals surface area contributed by atoms with Crippen molar-refractivity contribution in [2.45, 2.75) is 12.8 Å². The Kier molecular flexibility index (Phi) is 6.22. The Hall–Kier alpha value is -3.33. The van der Waals surface area contributed by atoms with E-state index in [0.29, 0.717) is 17.9 Å². The SMILES string of the molecule is O=C(CCc1ccc2c(c1)OCO2)NCCN1C(=O)S/C(=C\c2ccccc2F)C1=O. The average Bonchev–Trinajstić information content (AvgIpc) is 3.33. The standard InChI is InChI=1S/C22H19FN2O5S/c23-16-4-2-1-3-15(16)12-19-21(27)25(22(28)31-19)10-9-24-20(26)8-6-14-5-7-17-18(11-14)30-13-29-17/h1-5,7,11-12H,6,8-10,13H2,(H,24,26)/b19-12-. The lowest BCUT2D eigenvalue weighted by molar-refractivity contribution is -0.124. The molecule has 1 fully saturated rings. The molecule has 7 nitrogen and oxygen atoms in total. The number of halogens is 1. The monoisotopic (exact) mass is 442 g/mol. The summed E-state index contributed by atoms with van der Waals surface area (Å²) in [7, 11) is 0. The quantitative estimate of drug-likeness (QED) is 0.662. The molecule has 0 aromatic heterocycles. The lowest BCUT2D eigenvalue weighted by atomic mass is 10.1. The number of ether oxygens (including phenoxy) is 2. The van der Waals surface area contributed by atoms with Gasteiger partial charge in [-0.05, 0) is 48.0 Å². The molecule has 4 rings (SSSR count). The number of carbonyl (C=O) groups is 3. The van der Waals surface area contributed by atoms with Gasteiger partial charge in [-0.15, -0.1) is 0 Å². The van der Waals surface area contributed by atoms with Gasteiger partial charge >= 0.3 is 0 Å². The summed E-state index contributed by atoms with van der Waals surface area (Å²) >= 11 is 0.758. The van der Waals surface area contributed by atoms with E-state index in [-0.39, 0.29) is 42.7 Å². The zero-order valence-electron chi connectivity index (χ0n) is 16.4. The van der Waals surface area contributed by atoms with E-state index in [1.54, 1.807) is 12.1 Å². The van der Waals surface area contributed by atoms with Gasteiger partial charge in [0, 0.05) is 25.1 Å². The van der Waals surface area contributed by atoms with Crippen molar-refractivity contribution in [2.24, 2.45) is 0 Å². The van der Waals surface area contributed by atoms with Crippen molar-refractivity contribution in [3.05, 3.63) is 64.3 Å². The summed E-state index contributed by atoms with van der Waals surface area (Å²) in [6.45, 7) is 0.392. The lowest BCUT2D eigenvalue weighted by Crippen LogP contribution is -2.37. The second-order valence-electron chi connectivity index (χ2n) is 6.89. The molecule has 3 amide bonds. The first-order chi connectivity index (χ1) is 15.0. The van der Waals surface area contributed by atoms with Crippen LogP contribution in [0.4, 0.5) is 9.18 Å². The summed E-state index contributed by atoms with van der Waals surface area (Å²) in [5, 5.41) is 2.27. The van der Waals surface area contributed by atoms with Crippen LogP contribution in [0.3, 0.4) is 0 Å². The Morgan fingerprint density at radius 3 is 2.81 bits per heavy atom. The fourth-order valence-corrected chi connectivity index (χ4v) is 4.03. The minimum Gasteiger partial charge on any atom is -0.454 e. The number of nitrogens with one attached hydrogen (secondary N) is 1. The van der Waals surface area contributed by atoms with Crippen LogP contribution in [0.2, 0.25) is 0 Å². The molecule has 0 aliphatic carbocycles. The summed E-state index contributed by atoms with van der Waals surface area (Å²) in [5.74, 6) is 0.207. The predicted octanol–water partition coefficient (Wildman–Crippen LogP) is 3.34. The number of benzene rings is 2. The molecule has 0 bridgehead atoms. The summed E-state index contributed by atoms with van der Waals surface area (Å²) < 4.78 is 24.4. The van der Waals surface area contributed by atoms with Crippen LogP contribution in [0.15, 0.2) is 47.4 Å². The summed E-state index contributed by atoms with van der Waals surface area (Å²) in [4.78, 5) is 37.9. The molecule has 2 aliphatic heterocycles. The van der Waals surface area contributed by atoms with Gasteiger partial charge in [0.2, 0.25) is 12.7 Å². The van der Waals surface area contributed by atoms with Crippen LogP contribution >= 0.6 is 11.8 Å². The molecule has 0 saturated carbocycles. The number of fused-ring (bicyclic) bond motifs is 1. The predicted molar refractivity (Wildman–Crippen MR) is 113 cm³/mol. The molecular weight excluding hydrogens is 423 g/mol. The Labute approximate surface area is 182 Å². The van der Waals surface area contributed by atoms with Crippen molar-refractivity contribution in [3.63, 3.8) is 0 Å². The molecule has 0 unspecified atom stereocenters. The minimum absolute atomic E-state index is 0.0506. The maximum Gasteiger partial charge on any atom is 0.293 e. The van der Waals surface area contributed by atoms with Gasteiger partial charge in [0.05, 0.1) is 4.91 Å². The Morgan fingerprint density at radius 1 is 1.16 bits per heavy atom. The second-order valence-corrected chi connectivity index (χ2v) is 7.89. The molecule has 0 atom stereocenters. The number of hydrogen-bond acceptors (Lipinski definition) is 6. The molecule has 1 saturated heterocycles. The number of rotatable bonds is 7. The van der Waals surface area contributed by atoms with Crippen LogP contribution in [-0.2, 0) is 16.0 Å².